The fourth-order valence-corrected chi connectivity index (χ4v) is 3.33. The van der Waals surface area contributed by atoms with Gasteiger partial charge in [0, 0.05) is 28.9 Å². The average Bonchev–Trinajstić information content (AvgIpc) is 2.77. The summed E-state index contributed by atoms with van der Waals surface area (Å²) in [7, 11) is 2.17. The molecule has 0 N–H and O–H groups in total. The molecular weight excluding hydrogens is 254 g/mol. The van der Waals surface area contributed by atoms with Gasteiger partial charge in [-0.15, -0.1) is 0 Å². The average molecular weight is 273 g/mol. The third kappa shape index (κ3) is 1.77. The van der Waals surface area contributed by atoms with Crippen LogP contribution in [-0.2, 0) is 13.5 Å². The summed E-state index contributed by atoms with van der Waals surface area (Å²) < 4.78 is 2.33. The summed E-state index contributed by atoms with van der Waals surface area (Å²) in [5.74, 6) is 0. The second kappa shape index (κ2) is 4.36. The molecule has 0 bridgehead atoms. The second-order valence-corrected chi connectivity index (χ2v) is 5.98. The molecule has 0 fully saturated rings. The van der Waals surface area contributed by atoms with E-state index in [0.29, 0.717) is 0 Å². The number of aryl methyl sites for hydroxylation is 3. The Morgan fingerprint density at radius 1 is 0.810 bits per heavy atom. The molecule has 0 atom stereocenters. The van der Waals surface area contributed by atoms with Crippen LogP contribution < -0.4 is 0 Å². The van der Waals surface area contributed by atoms with Crippen molar-refractivity contribution in [2.45, 2.75) is 20.3 Å². The van der Waals surface area contributed by atoms with E-state index in [1.54, 1.807) is 0 Å². The monoisotopic (exact) mass is 273 g/mol. The molecule has 104 valence electrons. The lowest BCUT2D eigenvalue weighted by atomic mass is 10.0. The van der Waals surface area contributed by atoms with Crippen molar-refractivity contribution >= 4 is 32.6 Å². The van der Waals surface area contributed by atoms with Crippen molar-refractivity contribution < 1.29 is 0 Å². The van der Waals surface area contributed by atoms with Crippen LogP contribution in [0.3, 0.4) is 0 Å². The topological polar surface area (TPSA) is 4.93 Å². The largest absolute Gasteiger partial charge is 0.344 e. The Morgan fingerprint density at radius 2 is 1.62 bits per heavy atom. The first kappa shape index (κ1) is 12.5. The first-order chi connectivity index (χ1) is 10.2. The van der Waals surface area contributed by atoms with Gasteiger partial charge in [0.25, 0.3) is 0 Å². The molecule has 0 saturated heterocycles. The fourth-order valence-electron chi connectivity index (χ4n) is 3.33. The van der Waals surface area contributed by atoms with E-state index < -0.39 is 0 Å². The molecule has 1 aromatic heterocycles. The highest BCUT2D eigenvalue weighted by Gasteiger charge is 2.09. The van der Waals surface area contributed by atoms with Crippen molar-refractivity contribution in [3.05, 3.63) is 59.7 Å². The van der Waals surface area contributed by atoms with E-state index in [1.165, 1.54) is 43.7 Å². The van der Waals surface area contributed by atoms with E-state index in [4.69, 9.17) is 0 Å². The van der Waals surface area contributed by atoms with Crippen molar-refractivity contribution in [2.24, 2.45) is 7.05 Å². The van der Waals surface area contributed by atoms with Gasteiger partial charge < -0.3 is 4.57 Å². The van der Waals surface area contributed by atoms with Gasteiger partial charge in [0.1, 0.15) is 0 Å². The maximum atomic E-state index is 2.33. The van der Waals surface area contributed by atoms with Crippen LogP contribution in [0.2, 0.25) is 0 Å². The van der Waals surface area contributed by atoms with Crippen LogP contribution in [0.15, 0.2) is 48.5 Å². The van der Waals surface area contributed by atoms with E-state index in [1.807, 2.05) is 0 Å². The minimum absolute atomic E-state index is 1.08. The molecule has 0 aliphatic rings. The van der Waals surface area contributed by atoms with Crippen LogP contribution in [0.25, 0.3) is 32.6 Å². The van der Waals surface area contributed by atoms with E-state index in [0.717, 1.165) is 6.42 Å². The highest BCUT2D eigenvalue weighted by atomic mass is 14.9. The highest BCUT2D eigenvalue weighted by Crippen LogP contribution is 2.32. The summed E-state index contributed by atoms with van der Waals surface area (Å²) in [5, 5.41) is 5.35. The number of benzene rings is 3. The first-order valence-electron chi connectivity index (χ1n) is 7.59. The molecule has 21 heavy (non-hydrogen) atoms. The lowest BCUT2D eigenvalue weighted by Gasteiger charge is -2.02. The molecule has 0 radical (unpaired) electrons. The minimum Gasteiger partial charge on any atom is -0.344 e. The van der Waals surface area contributed by atoms with Gasteiger partial charge in [-0.25, -0.2) is 0 Å². The first-order valence-corrected chi connectivity index (χ1v) is 7.59. The molecule has 1 heterocycles. The lowest BCUT2D eigenvalue weighted by Crippen LogP contribution is -1.88. The summed E-state index contributed by atoms with van der Waals surface area (Å²) in [6.45, 7) is 4.36. The Bertz CT molecular complexity index is 989. The van der Waals surface area contributed by atoms with E-state index in [9.17, 15) is 0 Å². The number of nitrogens with zero attached hydrogens (tertiary/aromatic N) is 1. The van der Waals surface area contributed by atoms with Crippen molar-refractivity contribution in [3.8, 4) is 0 Å². The molecule has 4 aromatic rings. The SMILES string of the molecule is CCc1ccc2c3cc4ccc(C)cc4cc3n(C)c2c1. The van der Waals surface area contributed by atoms with Crippen LogP contribution >= 0.6 is 0 Å². The van der Waals surface area contributed by atoms with Crippen molar-refractivity contribution in [3.63, 3.8) is 0 Å². The second-order valence-electron chi connectivity index (χ2n) is 5.98. The summed E-state index contributed by atoms with van der Waals surface area (Å²) >= 11 is 0. The Kier molecular flexibility index (Phi) is 2.58. The van der Waals surface area contributed by atoms with E-state index in [2.05, 4.69) is 74.0 Å². The van der Waals surface area contributed by atoms with Crippen LogP contribution in [0, 0.1) is 6.92 Å². The molecule has 0 aliphatic carbocycles. The molecule has 0 saturated carbocycles. The standard InChI is InChI=1S/C20H19N/c1-4-14-6-8-17-18-11-15-7-5-13(2)9-16(15)12-20(18)21(3)19(17)10-14/h5-12H,4H2,1-3H3. The van der Waals surface area contributed by atoms with Gasteiger partial charge in [0.2, 0.25) is 0 Å². The summed E-state index contributed by atoms with van der Waals surface area (Å²) in [6.07, 6.45) is 1.08. The smallest absolute Gasteiger partial charge is 0.0495 e. The predicted molar refractivity (Wildman–Crippen MR) is 92.0 cm³/mol. The zero-order chi connectivity index (χ0) is 14.6. The number of hydrogen-bond donors (Lipinski definition) is 0. The van der Waals surface area contributed by atoms with Gasteiger partial charge in [-0.3, -0.25) is 0 Å². The highest BCUT2D eigenvalue weighted by molar-refractivity contribution is 6.12. The van der Waals surface area contributed by atoms with Gasteiger partial charge in [-0.2, -0.15) is 0 Å². The minimum atomic E-state index is 1.08. The maximum absolute atomic E-state index is 2.33. The van der Waals surface area contributed by atoms with Crippen LogP contribution in [0.1, 0.15) is 18.1 Å². The number of fused-ring (bicyclic) bond motifs is 4. The quantitative estimate of drug-likeness (QED) is 0.440. The molecular formula is C20H19N. The van der Waals surface area contributed by atoms with Crippen molar-refractivity contribution in [1.29, 1.82) is 0 Å². The molecule has 0 amide bonds. The van der Waals surface area contributed by atoms with Crippen molar-refractivity contribution in [1.82, 2.24) is 4.57 Å². The van der Waals surface area contributed by atoms with Crippen LogP contribution in [0.5, 0.6) is 0 Å². The third-order valence-electron chi connectivity index (χ3n) is 4.59. The van der Waals surface area contributed by atoms with Gasteiger partial charge in [-0.1, -0.05) is 42.8 Å². The Hall–Kier alpha value is -2.28. The van der Waals surface area contributed by atoms with Gasteiger partial charge in [-0.05, 0) is 47.9 Å². The molecule has 4 rings (SSSR count). The Morgan fingerprint density at radius 3 is 2.43 bits per heavy atom. The third-order valence-corrected chi connectivity index (χ3v) is 4.59. The van der Waals surface area contributed by atoms with Gasteiger partial charge in [0.15, 0.2) is 0 Å². The number of aromatic nitrogens is 1. The molecule has 1 nitrogen and oxygen atoms in total. The zero-order valence-corrected chi connectivity index (χ0v) is 12.8. The normalized spacial score (nSPS) is 11.8. The molecule has 0 aliphatic heterocycles. The van der Waals surface area contributed by atoms with Crippen LogP contribution in [-0.4, -0.2) is 4.57 Å². The summed E-state index contributed by atoms with van der Waals surface area (Å²) in [4.78, 5) is 0. The van der Waals surface area contributed by atoms with E-state index in [-0.39, 0.29) is 0 Å². The summed E-state index contributed by atoms with van der Waals surface area (Å²) in [6, 6.07) is 18.2. The maximum Gasteiger partial charge on any atom is 0.0495 e. The molecule has 1 heteroatoms. The molecule has 0 spiro atoms. The van der Waals surface area contributed by atoms with Crippen LogP contribution in [0.4, 0.5) is 0 Å². The number of rotatable bonds is 1. The zero-order valence-electron chi connectivity index (χ0n) is 12.8. The van der Waals surface area contributed by atoms with Gasteiger partial charge in [0.05, 0.1) is 0 Å². The van der Waals surface area contributed by atoms with Crippen molar-refractivity contribution in [2.75, 3.05) is 0 Å². The van der Waals surface area contributed by atoms with E-state index >= 15 is 0 Å². The Balaban J connectivity index is 2.18. The van der Waals surface area contributed by atoms with Gasteiger partial charge >= 0.3 is 0 Å². The molecule has 0 unspecified atom stereocenters. The number of hydrogen-bond acceptors (Lipinski definition) is 0. The summed E-state index contributed by atoms with van der Waals surface area (Å²) in [5.41, 5.74) is 5.36. The molecule has 3 aromatic carbocycles. The fraction of sp³-hybridized carbons (Fsp3) is 0.200. The predicted octanol–water partition coefficient (Wildman–Crippen LogP) is 5.36. The Labute approximate surface area is 124 Å². The lowest BCUT2D eigenvalue weighted by molar-refractivity contribution is 1.01.